The summed E-state index contributed by atoms with van der Waals surface area (Å²) in [6, 6.07) is 3.45. The van der Waals surface area contributed by atoms with Gasteiger partial charge in [0, 0.05) is 42.7 Å². The summed E-state index contributed by atoms with van der Waals surface area (Å²) in [5.74, 6) is -2.16. The van der Waals surface area contributed by atoms with Crippen LogP contribution in [0.25, 0.3) is 11.1 Å². The van der Waals surface area contributed by atoms with Gasteiger partial charge in [-0.15, -0.1) is 0 Å². The number of rotatable bonds is 8. The van der Waals surface area contributed by atoms with Crippen molar-refractivity contribution in [3.8, 4) is 11.1 Å². The molecule has 3 atom stereocenters. The Hall–Kier alpha value is -3.32. The molecule has 2 aromatic heterocycles. The lowest BCUT2D eigenvalue weighted by Gasteiger charge is -2.26. The molecule has 5 rings (SSSR count). The van der Waals surface area contributed by atoms with Crippen LogP contribution in [0.5, 0.6) is 0 Å². The van der Waals surface area contributed by atoms with Gasteiger partial charge in [0.1, 0.15) is 12.0 Å². The molecule has 40 heavy (non-hydrogen) atoms. The third kappa shape index (κ3) is 5.62. The molecule has 1 aliphatic heterocycles. The second-order valence-corrected chi connectivity index (χ2v) is 11.9. The quantitative estimate of drug-likeness (QED) is 0.338. The van der Waals surface area contributed by atoms with Crippen molar-refractivity contribution in [1.82, 2.24) is 19.3 Å². The minimum Gasteiger partial charge on any atom is -0.298 e. The third-order valence-corrected chi connectivity index (χ3v) is 9.30. The number of hydrogen-bond acceptors (Lipinski definition) is 6. The van der Waals surface area contributed by atoms with Gasteiger partial charge in [-0.2, -0.15) is 17.5 Å². The van der Waals surface area contributed by atoms with Gasteiger partial charge in [0.2, 0.25) is 15.8 Å². The molecule has 0 spiro atoms. The van der Waals surface area contributed by atoms with E-state index in [-0.39, 0.29) is 30.1 Å². The zero-order valence-corrected chi connectivity index (χ0v) is 22.1. The molecule has 0 bridgehead atoms. The fourth-order valence-electron chi connectivity index (χ4n) is 4.99. The van der Waals surface area contributed by atoms with Crippen LogP contribution < -0.4 is 0 Å². The maximum absolute atomic E-state index is 14.7. The van der Waals surface area contributed by atoms with Crippen molar-refractivity contribution in [2.24, 2.45) is 0 Å². The van der Waals surface area contributed by atoms with Crippen molar-refractivity contribution in [3.05, 3.63) is 71.8 Å². The second-order valence-electron chi connectivity index (χ2n) is 10.1. The first-order valence-corrected chi connectivity index (χ1v) is 14.1. The Bertz CT molecular complexity index is 1510. The van der Waals surface area contributed by atoms with E-state index in [0.717, 1.165) is 59.4 Å². The molecule has 7 nitrogen and oxygen atoms in total. The minimum atomic E-state index is -4.67. The number of Topliss-reactive ketones (excluding diaryl/α,β-unsaturated/α-hetero) is 1. The van der Waals surface area contributed by atoms with E-state index in [9.17, 15) is 35.2 Å². The Morgan fingerprint density at radius 3 is 2.30 bits per heavy atom. The van der Waals surface area contributed by atoms with E-state index in [0.29, 0.717) is 16.8 Å². The molecule has 1 aliphatic carbocycles. The van der Waals surface area contributed by atoms with Crippen molar-refractivity contribution in [2.75, 3.05) is 0 Å². The van der Waals surface area contributed by atoms with Gasteiger partial charge >= 0.3 is 6.18 Å². The van der Waals surface area contributed by atoms with Gasteiger partial charge in [0.25, 0.3) is 0 Å². The second kappa shape index (κ2) is 10.6. The number of aromatic nitrogens is 3. The topological polar surface area (TPSA) is 93.1 Å². The molecule has 0 unspecified atom stereocenters. The van der Waals surface area contributed by atoms with E-state index in [2.05, 4.69) is 15.0 Å². The average Bonchev–Trinajstić information content (AvgIpc) is 3.71. The van der Waals surface area contributed by atoms with E-state index in [1.54, 1.807) is 12.3 Å². The van der Waals surface area contributed by atoms with Crippen LogP contribution in [0.4, 0.5) is 22.0 Å². The van der Waals surface area contributed by atoms with Crippen LogP contribution in [-0.2, 0) is 27.4 Å². The highest BCUT2D eigenvalue weighted by Gasteiger charge is 2.48. The Morgan fingerprint density at radius 2 is 1.70 bits per heavy atom. The van der Waals surface area contributed by atoms with Gasteiger partial charge in [-0.25, -0.2) is 27.2 Å². The molecule has 1 saturated carbocycles. The smallest absolute Gasteiger partial charge is 0.298 e. The number of hydrogen-bond donors (Lipinski definition) is 0. The lowest BCUT2D eigenvalue weighted by atomic mass is 9.98. The summed E-state index contributed by atoms with van der Waals surface area (Å²) >= 11 is 0. The van der Waals surface area contributed by atoms with Crippen molar-refractivity contribution in [3.63, 3.8) is 0 Å². The number of sulfonamides is 1. The molecular weight excluding hydrogens is 555 g/mol. The first-order valence-electron chi connectivity index (χ1n) is 12.7. The average molecular weight is 581 g/mol. The van der Waals surface area contributed by atoms with Gasteiger partial charge in [-0.1, -0.05) is 0 Å². The predicted molar refractivity (Wildman–Crippen MR) is 134 cm³/mol. The summed E-state index contributed by atoms with van der Waals surface area (Å²) in [6.07, 6.45) is -0.914. The number of benzene rings is 1. The molecule has 13 heteroatoms. The zero-order valence-electron chi connectivity index (χ0n) is 21.3. The fraction of sp³-hybridized carbons (Fsp3) is 0.407. The Morgan fingerprint density at radius 1 is 1.05 bits per heavy atom. The lowest BCUT2D eigenvalue weighted by Crippen LogP contribution is -2.44. The summed E-state index contributed by atoms with van der Waals surface area (Å²) in [4.78, 5) is 24.3. The predicted octanol–water partition coefficient (Wildman–Crippen LogP) is 5.27. The van der Waals surface area contributed by atoms with E-state index in [4.69, 9.17) is 0 Å². The molecular formula is C27H25F5N4O3S. The molecule has 0 radical (unpaired) electrons. The van der Waals surface area contributed by atoms with Crippen molar-refractivity contribution >= 4 is 15.8 Å². The van der Waals surface area contributed by atoms with E-state index < -0.39 is 51.9 Å². The first-order chi connectivity index (χ1) is 18.9. The number of alkyl halides is 4. The van der Waals surface area contributed by atoms with Gasteiger partial charge in [0.15, 0.2) is 5.78 Å². The van der Waals surface area contributed by atoms with Crippen LogP contribution in [0.3, 0.4) is 0 Å². The normalized spacial score (nSPS) is 22.0. The van der Waals surface area contributed by atoms with Gasteiger partial charge in [-0.3, -0.25) is 9.78 Å². The Balaban J connectivity index is 1.36. The van der Waals surface area contributed by atoms with Crippen LogP contribution in [0.2, 0.25) is 0 Å². The maximum atomic E-state index is 14.7. The van der Waals surface area contributed by atoms with Crippen LogP contribution in [0, 0.1) is 5.82 Å². The highest BCUT2D eigenvalue weighted by molar-refractivity contribution is 7.89. The molecule has 1 saturated heterocycles. The molecule has 2 fully saturated rings. The summed E-state index contributed by atoms with van der Waals surface area (Å²) in [7, 11) is -4.28. The first kappa shape index (κ1) is 28.2. The van der Waals surface area contributed by atoms with E-state index in [1.807, 2.05) is 0 Å². The van der Waals surface area contributed by atoms with Crippen LogP contribution >= 0.6 is 0 Å². The van der Waals surface area contributed by atoms with Gasteiger partial charge in [-0.05, 0) is 73.6 Å². The molecule has 2 aliphatic rings. The summed E-state index contributed by atoms with van der Waals surface area (Å²) in [5.41, 5.74) is 2.31. The molecule has 0 N–H and O–H groups in total. The standard InChI is InChI=1S/C27H25F5N4O3S/c1-15-23(29)11-24(36(15)40(38,39)20-7-4-18(28)5-8-20)25(37)9-6-19-10-21(22(14-33-19)16-2-3-16)17-12-34-26(35-13-17)27(30,31)32/h4-5,7-8,10,12-16,23-24H,2-3,6,9,11H2,1H3/t15-,23+,24-/m0/s1. The van der Waals surface area contributed by atoms with Crippen LogP contribution in [-0.4, -0.2) is 51.7 Å². The Labute approximate surface area is 227 Å². The molecule has 212 valence electrons. The fourth-order valence-corrected chi connectivity index (χ4v) is 6.82. The monoisotopic (exact) mass is 580 g/mol. The summed E-state index contributed by atoms with van der Waals surface area (Å²) in [6.45, 7) is 1.38. The molecule has 3 aromatic rings. The molecule has 0 amide bonds. The highest BCUT2D eigenvalue weighted by Crippen LogP contribution is 2.44. The number of aryl methyl sites for hydroxylation is 1. The van der Waals surface area contributed by atoms with E-state index in [1.165, 1.54) is 6.92 Å². The SMILES string of the molecule is C[C@H]1[C@H](F)C[C@@H](C(=O)CCc2cc(-c3cnc(C(F)(F)F)nc3)c(C3CC3)cn2)N1S(=O)(=O)c1ccc(F)cc1. The third-order valence-electron chi connectivity index (χ3n) is 7.29. The number of pyridine rings is 1. The van der Waals surface area contributed by atoms with Crippen molar-refractivity contribution in [1.29, 1.82) is 0 Å². The van der Waals surface area contributed by atoms with Crippen molar-refractivity contribution in [2.45, 2.75) is 74.3 Å². The largest absolute Gasteiger partial charge is 0.451 e. The number of carbonyl (C=O) groups excluding carboxylic acids is 1. The number of halogens is 5. The Kier molecular flexibility index (Phi) is 7.47. The summed E-state index contributed by atoms with van der Waals surface area (Å²) in [5, 5.41) is 0. The molecule has 3 heterocycles. The van der Waals surface area contributed by atoms with Crippen LogP contribution in [0.15, 0.2) is 53.8 Å². The molecule has 1 aromatic carbocycles. The zero-order chi connectivity index (χ0) is 28.8. The summed E-state index contributed by atoms with van der Waals surface area (Å²) < 4.78 is 94.2. The number of nitrogens with zero attached hydrogens (tertiary/aromatic N) is 4. The van der Waals surface area contributed by atoms with E-state index >= 15 is 0 Å². The number of ketones is 1. The minimum absolute atomic E-state index is 0.102. The maximum Gasteiger partial charge on any atom is 0.451 e. The van der Waals surface area contributed by atoms with Gasteiger partial charge < -0.3 is 0 Å². The van der Waals surface area contributed by atoms with Crippen molar-refractivity contribution < 1.29 is 35.2 Å². The number of carbonyl (C=O) groups is 1. The van der Waals surface area contributed by atoms with Crippen LogP contribution in [0.1, 0.15) is 55.6 Å². The van der Waals surface area contributed by atoms with Gasteiger partial charge in [0.05, 0.1) is 17.0 Å². The highest BCUT2D eigenvalue weighted by atomic mass is 32.2. The lowest BCUT2D eigenvalue weighted by molar-refractivity contribution is -0.145.